The Balaban J connectivity index is 1.75. The number of halogens is 3. The summed E-state index contributed by atoms with van der Waals surface area (Å²) in [6.45, 7) is 4.01. The molecule has 1 amide bonds. The maximum Gasteiger partial charge on any atom is 0.416 e. The number of aromatic nitrogens is 2. The molecule has 2 heterocycles. The summed E-state index contributed by atoms with van der Waals surface area (Å²) in [5.41, 5.74) is 0.181. The van der Waals surface area contributed by atoms with Gasteiger partial charge in [-0.25, -0.2) is 17.4 Å². The van der Waals surface area contributed by atoms with Gasteiger partial charge in [0.2, 0.25) is 10.0 Å². The van der Waals surface area contributed by atoms with Gasteiger partial charge >= 0.3 is 6.18 Å². The monoisotopic (exact) mass is 458 g/mol. The molecule has 0 radical (unpaired) electrons. The van der Waals surface area contributed by atoms with Crippen LogP contribution in [0.15, 0.2) is 30.5 Å². The number of hydrogen-bond acceptors (Lipinski definition) is 4. The van der Waals surface area contributed by atoms with Gasteiger partial charge in [0, 0.05) is 26.2 Å². The highest BCUT2D eigenvalue weighted by molar-refractivity contribution is 7.89. The molecule has 1 aliphatic rings. The zero-order valence-electron chi connectivity index (χ0n) is 17.6. The van der Waals surface area contributed by atoms with Gasteiger partial charge in [-0.05, 0) is 44.9 Å². The average molecular weight is 459 g/mol. The van der Waals surface area contributed by atoms with E-state index in [4.69, 9.17) is 0 Å². The molecule has 0 spiro atoms. The highest BCUT2D eigenvalue weighted by Gasteiger charge is 2.32. The number of rotatable bonds is 5. The predicted octanol–water partition coefficient (Wildman–Crippen LogP) is 3.09. The summed E-state index contributed by atoms with van der Waals surface area (Å²) in [6.07, 6.45) is -2.08. The quantitative estimate of drug-likeness (QED) is 0.690. The zero-order valence-corrected chi connectivity index (χ0v) is 18.4. The largest absolute Gasteiger partial charge is 0.416 e. The normalized spacial score (nSPS) is 16.2. The summed E-state index contributed by atoms with van der Waals surface area (Å²) in [5, 5.41) is 4.13. The van der Waals surface area contributed by atoms with Gasteiger partial charge in [0.1, 0.15) is 0 Å². The van der Waals surface area contributed by atoms with E-state index in [1.165, 1.54) is 27.3 Å². The lowest BCUT2D eigenvalue weighted by Crippen LogP contribution is -2.47. The molecule has 3 rings (SSSR count). The van der Waals surface area contributed by atoms with Crippen molar-refractivity contribution in [1.82, 2.24) is 19.0 Å². The van der Waals surface area contributed by atoms with E-state index in [-0.39, 0.29) is 23.4 Å². The van der Waals surface area contributed by atoms with Crippen molar-refractivity contribution in [1.29, 1.82) is 0 Å². The summed E-state index contributed by atoms with van der Waals surface area (Å²) in [7, 11) is -1.74. The number of hydrogen-bond donors (Lipinski definition) is 0. The highest BCUT2D eigenvalue weighted by Crippen LogP contribution is 2.30. The number of carbonyl (C=O) groups excluding carboxylic acids is 1. The minimum Gasteiger partial charge on any atom is -0.338 e. The van der Waals surface area contributed by atoms with Crippen LogP contribution in [0.5, 0.6) is 0 Å². The number of piperidine rings is 1. The van der Waals surface area contributed by atoms with Crippen molar-refractivity contribution in [3.63, 3.8) is 0 Å². The van der Waals surface area contributed by atoms with Gasteiger partial charge in [-0.15, -0.1) is 0 Å². The summed E-state index contributed by atoms with van der Waals surface area (Å²) >= 11 is 0. The van der Waals surface area contributed by atoms with Crippen LogP contribution in [0.4, 0.5) is 13.2 Å². The van der Waals surface area contributed by atoms with Crippen molar-refractivity contribution in [3.05, 3.63) is 47.3 Å². The minimum absolute atomic E-state index is 0.0244. The van der Waals surface area contributed by atoms with E-state index < -0.39 is 21.8 Å². The van der Waals surface area contributed by atoms with Crippen LogP contribution in [0.25, 0.3) is 5.69 Å². The Kier molecular flexibility index (Phi) is 6.47. The molecule has 1 aliphatic heterocycles. The Morgan fingerprint density at radius 1 is 1.26 bits per heavy atom. The fourth-order valence-electron chi connectivity index (χ4n) is 3.73. The first kappa shape index (κ1) is 23.3. The van der Waals surface area contributed by atoms with Gasteiger partial charge in [0.15, 0.2) is 0 Å². The number of amides is 1. The molecule has 0 saturated carbocycles. The third-order valence-electron chi connectivity index (χ3n) is 5.73. The molecule has 0 N–H and O–H groups in total. The number of carbonyl (C=O) groups is 1. The van der Waals surface area contributed by atoms with Crippen LogP contribution in [-0.4, -0.2) is 65.2 Å². The third kappa shape index (κ3) is 4.77. The van der Waals surface area contributed by atoms with E-state index in [0.717, 1.165) is 12.1 Å². The summed E-state index contributed by atoms with van der Waals surface area (Å²) < 4.78 is 65.9. The van der Waals surface area contributed by atoms with Gasteiger partial charge in [0.05, 0.1) is 34.5 Å². The van der Waals surface area contributed by atoms with Crippen LogP contribution in [-0.2, 0) is 16.2 Å². The molecule has 0 aliphatic carbocycles. The standard InChI is InChI=1S/C20H25F3N4O3S/c1-4-31(29,30)25(3)16-8-10-26(11-9-16)19(28)18-13-24-27(14(18)2)17-7-5-6-15(12-17)20(21,22)23/h5-7,12-13,16H,4,8-11H2,1-3H3. The second kappa shape index (κ2) is 8.62. The molecule has 31 heavy (non-hydrogen) atoms. The summed E-state index contributed by atoms with van der Waals surface area (Å²) in [6, 6.07) is 4.60. The van der Waals surface area contributed by atoms with Crippen LogP contribution in [0, 0.1) is 6.92 Å². The molecule has 0 atom stereocenters. The van der Waals surface area contributed by atoms with Crippen molar-refractivity contribution in [2.45, 2.75) is 38.9 Å². The Hall–Kier alpha value is -2.40. The molecule has 1 fully saturated rings. The van der Waals surface area contributed by atoms with Crippen molar-refractivity contribution in [2.75, 3.05) is 25.9 Å². The molecule has 0 bridgehead atoms. The second-order valence-corrected chi connectivity index (χ2v) is 9.86. The maximum absolute atomic E-state index is 13.0. The van der Waals surface area contributed by atoms with Crippen LogP contribution < -0.4 is 0 Å². The van der Waals surface area contributed by atoms with Gasteiger partial charge in [-0.3, -0.25) is 4.79 Å². The van der Waals surface area contributed by atoms with E-state index >= 15 is 0 Å². The lowest BCUT2D eigenvalue weighted by molar-refractivity contribution is -0.137. The SMILES string of the molecule is CCS(=O)(=O)N(C)C1CCN(C(=O)c2cnn(-c3cccc(C(F)(F)F)c3)c2C)CC1. The fourth-order valence-corrected chi connectivity index (χ4v) is 4.80. The third-order valence-corrected chi connectivity index (χ3v) is 7.63. The maximum atomic E-state index is 13.0. The first-order valence-electron chi connectivity index (χ1n) is 9.93. The molecule has 11 heteroatoms. The van der Waals surface area contributed by atoms with Crippen molar-refractivity contribution in [2.24, 2.45) is 0 Å². The van der Waals surface area contributed by atoms with E-state index in [1.807, 2.05) is 0 Å². The lowest BCUT2D eigenvalue weighted by atomic mass is 10.0. The Morgan fingerprint density at radius 3 is 2.48 bits per heavy atom. The van der Waals surface area contributed by atoms with Crippen molar-refractivity contribution in [3.8, 4) is 5.69 Å². The Morgan fingerprint density at radius 2 is 1.90 bits per heavy atom. The molecular formula is C20H25F3N4O3S. The van der Waals surface area contributed by atoms with Gasteiger partial charge in [0.25, 0.3) is 5.91 Å². The van der Waals surface area contributed by atoms with Crippen molar-refractivity contribution < 1.29 is 26.4 Å². The van der Waals surface area contributed by atoms with Gasteiger partial charge in [-0.2, -0.15) is 18.3 Å². The molecule has 1 aromatic heterocycles. The Labute approximate surface area is 179 Å². The van der Waals surface area contributed by atoms with Crippen LogP contribution in [0.3, 0.4) is 0 Å². The first-order valence-corrected chi connectivity index (χ1v) is 11.5. The molecule has 170 valence electrons. The van der Waals surface area contributed by atoms with E-state index in [9.17, 15) is 26.4 Å². The van der Waals surface area contributed by atoms with Crippen LogP contribution in [0.2, 0.25) is 0 Å². The second-order valence-electron chi connectivity index (χ2n) is 7.54. The fraction of sp³-hybridized carbons (Fsp3) is 0.500. The van der Waals surface area contributed by atoms with Gasteiger partial charge < -0.3 is 4.90 Å². The van der Waals surface area contributed by atoms with Crippen LogP contribution in [0.1, 0.15) is 41.4 Å². The Bertz CT molecular complexity index is 1060. The first-order chi connectivity index (χ1) is 14.5. The molecule has 1 aromatic carbocycles. The van der Waals surface area contributed by atoms with E-state index in [2.05, 4.69) is 5.10 Å². The van der Waals surface area contributed by atoms with Gasteiger partial charge in [-0.1, -0.05) is 6.07 Å². The molecule has 7 nitrogen and oxygen atoms in total. The number of nitrogens with zero attached hydrogens (tertiary/aromatic N) is 4. The topological polar surface area (TPSA) is 75.5 Å². The van der Waals surface area contributed by atoms with E-state index in [0.29, 0.717) is 37.2 Å². The number of benzene rings is 1. The molecule has 1 saturated heterocycles. The predicted molar refractivity (Wildman–Crippen MR) is 109 cm³/mol. The number of likely N-dealkylation sites (tertiary alicyclic amines) is 1. The van der Waals surface area contributed by atoms with Crippen molar-refractivity contribution >= 4 is 15.9 Å². The lowest BCUT2D eigenvalue weighted by Gasteiger charge is -2.36. The molecule has 2 aromatic rings. The number of sulfonamides is 1. The summed E-state index contributed by atoms with van der Waals surface area (Å²) in [4.78, 5) is 14.6. The minimum atomic E-state index is -4.47. The highest BCUT2D eigenvalue weighted by atomic mass is 32.2. The summed E-state index contributed by atoms with van der Waals surface area (Å²) in [5.74, 6) is -0.244. The zero-order chi connectivity index (χ0) is 23.0. The molecular weight excluding hydrogens is 433 g/mol. The van der Waals surface area contributed by atoms with Crippen LogP contribution >= 0.6 is 0 Å². The smallest absolute Gasteiger partial charge is 0.338 e. The molecule has 0 unspecified atom stereocenters. The van der Waals surface area contributed by atoms with E-state index in [1.54, 1.807) is 25.8 Å². The average Bonchev–Trinajstić information content (AvgIpc) is 3.13. The number of alkyl halides is 3.